The summed E-state index contributed by atoms with van der Waals surface area (Å²) >= 11 is 5.87. The van der Waals surface area contributed by atoms with Gasteiger partial charge in [-0.1, -0.05) is 56.7 Å². The zero-order valence-electron chi connectivity index (χ0n) is 13.0. The van der Waals surface area contributed by atoms with E-state index in [1.165, 1.54) is 0 Å². The molecule has 6 heteroatoms. The summed E-state index contributed by atoms with van der Waals surface area (Å²) in [6.07, 6.45) is -0.235. The maximum Gasteiger partial charge on any atom is 0.410 e. The summed E-state index contributed by atoms with van der Waals surface area (Å²) in [7, 11) is 0. The lowest BCUT2D eigenvalue weighted by Gasteiger charge is -2.24. The van der Waals surface area contributed by atoms with E-state index in [-0.39, 0.29) is 16.1 Å². The molecule has 2 rings (SSSR count). The summed E-state index contributed by atoms with van der Waals surface area (Å²) in [4.78, 5) is 13.8. The van der Waals surface area contributed by atoms with Gasteiger partial charge in [-0.05, 0) is 32.4 Å². The number of nitrogens with zero attached hydrogens (tertiary/aromatic N) is 1. The Morgan fingerprint density at radius 1 is 1.36 bits per heavy atom. The van der Waals surface area contributed by atoms with Crippen LogP contribution < -0.4 is 0 Å². The van der Waals surface area contributed by atoms with E-state index in [0.717, 1.165) is 10.0 Å². The highest BCUT2D eigenvalue weighted by atomic mass is 127. The third-order valence-electron chi connectivity index (χ3n) is 3.26. The van der Waals surface area contributed by atoms with Crippen molar-refractivity contribution < 1.29 is 14.3 Å². The van der Waals surface area contributed by atoms with Gasteiger partial charge in [-0.2, -0.15) is 0 Å². The van der Waals surface area contributed by atoms with Gasteiger partial charge in [-0.3, -0.25) is 0 Å². The summed E-state index contributed by atoms with van der Waals surface area (Å²) in [5, 5.41) is 0. The molecule has 0 saturated carbocycles. The molecule has 1 heterocycles. The Hall–Kier alpha value is -0.340. The number of amides is 1. The molecule has 1 aliphatic heterocycles. The van der Waals surface area contributed by atoms with Crippen LogP contribution in [-0.2, 0) is 16.1 Å². The van der Waals surface area contributed by atoms with Gasteiger partial charge in [-0.15, -0.1) is 0 Å². The van der Waals surface area contributed by atoms with Crippen molar-refractivity contribution in [3.8, 4) is 0 Å². The summed E-state index contributed by atoms with van der Waals surface area (Å²) in [6.45, 7) is 7.41. The normalized spacial score (nSPS) is 22.0. The summed E-state index contributed by atoms with van der Waals surface area (Å²) in [5.41, 5.74) is 0.646. The molecule has 1 aromatic carbocycles. The maximum absolute atomic E-state index is 12.1. The number of alkyl halides is 1. The van der Waals surface area contributed by atoms with E-state index in [1.807, 2.05) is 45.0 Å². The SMILES string of the molecule is CC(C)(C)OC(=O)N1CC(I)C(OCc2ccccc2Br)C1. The molecular weight excluding hydrogens is 461 g/mol. The molecule has 4 nitrogen and oxygen atoms in total. The second-order valence-corrected chi connectivity index (χ2v) is 8.80. The van der Waals surface area contributed by atoms with E-state index < -0.39 is 5.60 Å². The van der Waals surface area contributed by atoms with Gasteiger partial charge in [0.1, 0.15) is 5.60 Å². The number of ether oxygens (including phenoxy) is 2. The molecule has 0 N–H and O–H groups in total. The maximum atomic E-state index is 12.1. The molecule has 22 heavy (non-hydrogen) atoms. The minimum atomic E-state index is -0.467. The summed E-state index contributed by atoms with van der Waals surface area (Å²) in [6, 6.07) is 8.01. The van der Waals surface area contributed by atoms with Gasteiger partial charge in [0.05, 0.1) is 23.2 Å². The average Bonchev–Trinajstić information content (AvgIpc) is 2.78. The Morgan fingerprint density at radius 2 is 2.05 bits per heavy atom. The van der Waals surface area contributed by atoms with Crippen LogP contribution in [0.2, 0.25) is 0 Å². The van der Waals surface area contributed by atoms with Gasteiger partial charge in [0.25, 0.3) is 0 Å². The van der Waals surface area contributed by atoms with Gasteiger partial charge in [0, 0.05) is 11.0 Å². The first-order chi connectivity index (χ1) is 10.3. The largest absolute Gasteiger partial charge is 0.444 e. The molecule has 1 amide bonds. The van der Waals surface area contributed by atoms with E-state index >= 15 is 0 Å². The van der Waals surface area contributed by atoms with Gasteiger partial charge in [-0.25, -0.2) is 4.79 Å². The van der Waals surface area contributed by atoms with Crippen molar-refractivity contribution >= 4 is 44.6 Å². The van der Waals surface area contributed by atoms with Crippen molar-refractivity contribution in [3.63, 3.8) is 0 Å². The number of halogens is 2. The molecule has 122 valence electrons. The summed E-state index contributed by atoms with van der Waals surface area (Å²) < 4.78 is 12.7. The Morgan fingerprint density at radius 3 is 2.68 bits per heavy atom. The molecule has 0 radical (unpaired) electrons. The van der Waals surface area contributed by atoms with E-state index in [2.05, 4.69) is 38.5 Å². The van der Waals surface area contributed by atoms with Crippen molar-refractivity contribution in [2.75, 3.05) is 13.1 Å². The molecule has 0 aromatic heterocycles. The smallest absolute Gasteiger partial charge is 0.410 e. The van der Waals surface area contributed by atoms with E-state index in [0.29, 0.717) is 19.7 Å². The zero-order valence-corrected chi connectivity index (χ0v) is 16.8. The molecule has 0 bridgehead atoms. The van der Waals surface area contributed by atoms with Crippen LogP contribution in [0.3, 0.4) is 0 Å². The van der Waals surface area contributed by atoms with E-state index in [4.69, 9.17) is 9.47 Å². The standard InChI is InChI=1S/C16H21BrINO3/c1-16(2,3)22-15(20)19-8-13(18)14(9-19)21-10-11-6-4-5-7-12(11)17/h4-7,13-14H,8-10H2,1-3H3. The second-order valence-electron chi connectivity index (χ2n) is 6.34. The predicted octanol–water partition coefficient (Wildman–Crippen LogP) is 4.39. The second kappa shape index (κ2) is 7.49. The lowest BCUT2D eigenvalue weighted by atomic mass is 10.2. The van der Waals surface area contributed by atoms with Crippen molar-refractivity contribution in [2.24, 2.45) is 0 Å². The number of rotatable bonds is 3. The molecule has 2 unspecified atom stereocenters. The van der Waals surface area contributed by atoms with E-state index in [9.17, 15) is 4.79 Å². The number of hydrogen-bond donors (Lipinski definition) is 0. The van der Waals surface area contributed by atoms with Crippen LogP contribution in [0.15, 0.2) is 28.7 Å². The molecule has 1 aliphatic rings. The highest BCUT2D eigenvalue weighted by Gasteiger charge is 2.36. The Balaban J connectivity index is 1.89. The molecule has 0 aliphatic carbocycles. The predicted molar refractivity (Wildman–Crippen MR) is 98.3 cm³/mol. The molecular formula is C16H21BrINO3. The Bertz CT molecular complexity index is 532. The monoisotopic (exact) mass is 481 g/mol. The number of benzene rings is 1. The van der Waals surface area contributed by atoms with Crippen LogP contribution in [0.4, 0.5) is 4.79 Å². The molecule has 1 saturated heterocycles. The topological polar surface area (TPSA) is 38.8 Å². The van der Waals surface area contributed by atoms with Crippen molar-refractivity contribution in [1.29, 1.82) is 0 Å². The Kier molecular flexibility index (Phi) is 6.13. The quantitative estimate of drug-likeness (QED) is 0.474. The van der Waals surface area contributed by atoms with Gasteiger partial charge in [0.15, 0.2) is 0 Å². The number of likely N-dealkylation sites (tertiary alicyclic amines) is 1. The molecule has 0 spiro atoms. The number of carbonyl (C=O) groups is 1. The zero-order chi connectivity index (χ0) is 16.3. The highest BCUT2D eigenvalue weighted by molar-refractivity contribution is 14.1. The van der Waals surface area contributed by atoms with Crippen molar-refractivity contribution in [3.05, 3.63) is 34.3 Å². The van der Waals surface area contributed by atoms with Gasteiger partial charge >= 0.3 is 6.09 Å². The number of carbonyl (C=O) groups excluding carboxylic acids is 1. The Labute approximate surface area is 153 Å². The van der Waals surface area contributed by atoms with Crippen molar-refractivity contribution in [2.45, 2.75) is 43.0 Å². The van der Waals surface area contributed by atoms with Crippen LogP contribution in [0.5, 0.6) is 0 Å². The van der Waals surface area contributed by atoms with Gasteiger partial charge < -0.3 is 14.4 Å². The first-order valence-corrected chi connectivity index (χ1v) is 9.27. The number of hydrogen-bond acceptors (Lipinski definition) is 3. The minimum Gasteiger partial charge on any atom is -0.444 e. The van der Waals surface area contributed by atoms with Crippen LogP contribution in [0, 0.1) is 0 Å². The van der Waals surface area contributed by atoms with E-state index in [1.54, 1.807) is 4.90 Å². The third kappa shape index (κ3) is 5.09. The fourth-order valence-electron chi connectivity index (χ4n) is 2.18. The van der Waals surface area contributed by atoms with Crippen LogP contribution >= 0.6 is 38.5 Å². The first-order valence-electron chi connectivity index (χ1n) is 7.23. The fourth-order valence-corrected chi connectivity index (χ4v) is 3.49. The minimum absolute atomic E-state index is 0.0280. The molecule has 1 aromatic rings. The third-order valence-corrected chi connectivity index (χ3v) is 5.23. The highest BCUT2D eigenvalue weighted by Crippen LogP contribution is 2.25. The van der Waals surface area contributed by atoms with Crippen LogP contribution in [-0.4, -0.2) is 39.7 Å². The lowest BCUT2D eigenvalue weighted by molar-refractivity contribution is 0.0189. The molecule has 1 fully saturated rings. The fraction of sp³-hybridized carbons (Fsp3) is 0.562. The summed E-state index contributed by atoms with van der Waals surface area (Å²) in [5.74, 6) is 0. The van der Waals surface area contributed by atoms with Gasteiger partial charge in [0.2, 0.25) is 0 Å². The van der Waals surface area contributed by atoms with Crippen molar-refractivity contribution in [1.82, 2.24) is 4.90 Å². The van der Waals surface area contributed by atoms with Crippen LogP contribution in [0.1, 0.15) is 26.3 Å². The van der Waals surface area contributed by atoms with Crippen LogP contribution in [0.25, 0.3) is 0 Å². The average molecular weight is 482 g/mol. The molecule has 2 atom stereocenters. The first kappa shape index (κ1) is 18.0. The lowest BCUT2D eigenvalue weighted by Crippen LogP contribution is -2.36.